The molecular formula is C15H10BrN3OS. The lowest BCUT2D eigenvalue weighted by molar-refractivity contribution is 0.0799. The number of nitrogens with zero attached hydrogens (tertiary/aromatic N) is 3. The van der Waals surface area contributed by atoms with Gasteiger partial charge in [0.15, 0.2) is 0 Å². The Morgan fingerprint density at radius 2 is 1.71 bits per heavy atom. The van der Waals surface area contributed by atoms with Crippen molar-refractivity contribution in [2.75, 3.05) is 13.1 Å². The van der Waals surface area contributed by atoms with Gasteiger partial charge in [0.25, 0.3) is 5.91 Å². The molecule has 0 fully saturated rings. The van der Waals surface area contributed by atoms with Crippen LogP contribution in [0.4, 0.5) is 0 Å². The molecule has 0 saturated carbocycles. The molecule has 0 unspecified atom stereocenters. The second-order valence-corrected chi connectivity index (χ2v) is 6.15. The number of hydrogen-bond donors (Lipinski definition) is 0. The van der Waals surface area contributed by atoms with Crippen molar-refractivity contribution in [3.05, 3.63) is 45.7 Å². The molecule has 21 heavy (non-hydrogen) atoms. The molecule has 0 atom stereocenters. The van der Waals surface area contributed by atoms with E-state index in [0.717, 1.165) is 14.9 Å². The minimum absolute atomic E-state index is 0.0854. The number of amides is 1. The number of hydrogen-bond acceptors (Lipinski definition) is 4. The second-order valence-electron chi connectivity index (χ2n) is 4.15. The molecule has 0 aliphatic carbocycles. The van der Waals surface area contributed by atoms with E-state index in [1.807, 2.05) is 42.5 Å². The predicted molar refractivity (Wildman–Crippen MR) is 84.6 cm³/mol. The Morgan fingerprint density at radius 3 is 2.29 bits per heavy atom. The molecule has 0 radical (unpaired) electrons. The van der Waals surface area contributed by atoms with Crippen molar-refractivity contribution in [1.29, 1.82) is 10.5 Å². The first-order chi connectivity index (χ1) is 10.2. The Bertz CT molecular complexity index is 709. The van der Waals surface area contributed by atoms with Crippen LogP contribution in [0.2, 0.25) is 0 Å². The third kappa shape index (κ3) is 3.69. The Hall–Kier alpha value is -2.15. The number of thiophene rings is 1. The molecular weight excluding hydrogens is 350 g/mol. The van der Waals surface area contributed by atoms with Gasteiger partial charge in [-0.25, -0.2) is 0 Å². The van der Waals surface area contributed by atoms with Crippen LogP contribution in [0, 0.1) is 22.7 Å². The van der Waals surface area contributed by atoms with E-state index in [-0.39, 0.29) is 19.0 Å². The lowest BCUT2D eigenvalue weighted by Crippen LogP contribution is -2.31. The zero-order valence-corrected chi connectivity index (χ0v) is 13.3. The fourth-order valence-corrected chi connectivity index (χ4v) is 2.99. The van der Waals surface area contributed by atoms with E-state index in [1.165, 1.54) is 16.2 Å². The van der Waals surface area contributed by atoms with Crippen molar-refractivity contribution in [3.8, 4) is 22.6 Å². The fourth-order valence-electron chi connectivity index (χ4n) is 1.75. The summed E-state index contributed by atoms with van der Waals surface area (Å²) >= 11 is 4.74. The molecule has 0 aliphatic rings. The van der Waals surface area contributed by atoms with E-state index < -0.39 is 0 Å². The van der Waals surface area contributed by atoms with Crippen LogP contribution < -0.4 is 0 Å². The predicted octanol–water partition coefficient (Wildman–Crippen LogP) is 3.67. The Labute approximate surface area is 135 Å². The van der Waals surface area contributed by atoms with Crippen molar-refractivity contribution in [3.63, 3.8) is 0 Å². The summed E-state index contributed by atoms with van der Waals surface area (Å²) in [5.74, 6) is -0.286. The van der Waals surface area contributed by atoms with Crippen molar-refractivity contribution in [2.24, 2.45) is 0 Å². The van der Waals surface area contributed by atoms with E-state index >= 15 is 0 Å². The summed E-state index contributed by atoms with van der Waals surface area (Å²) in [6.45, 7) is -0.171. The van der Waals surface area contributed by atoms with Gasteiger partial charge in [-0.3, -0.25) is 4.79 Å². The summed E-state index contributed by atoms with van der Waals surface area (Å²) in [6.07, 6.45) is 0. The van der Waals surface area contributed by atoms with E-state index in [1.54, 1.807) is 6.07 Å². The molecule has 0 bridgehead atoms. The van der Waals surface area contributed by atoms with Crippen LogP contribution in [0.3, 0.4) is 0 Å². The molecule has 2 rings (SSSR count). The third-order valence-electron chi connectivity index (χ3n) is 2.76. The monoisotopic (exact) mass is 359 g/mol. The largest absolute Gasteiger partial charge is 0.311 e. The van der Waals surface area contributed by atoms with Crippen LogP contribution in [0.5, 0.6) is 0 Å². The van der Waals surface area contributed by atoms with Gasteiger partial charge < -0.3 is 4.90 Å². The normalized spacial score (nSPS) is 9.67. The number of rotatable bonds is 4. The molecule has 0 N–H and O–H groups in total. The number of halogens is 1. The van der Waals surface area contributed by atoms with Crippen LogP contribution in [-0.2, 0) is 0 Å². The van der Waals surface area contributed by atoms with E-state index in [4.69, 9.17) is 10.5 Å². The topological polar surface area (TPSA) is 67.9 Å². The highest BCUT2D eigenvalue weighted by atomic mass is 79.9. The average Bonchev–Trinajstić information content (AvgIpc) is 2.97. The molecule has 1 heterocycles. The van der Waals surface area contributed by atoms with Gasteiger partial charge in [0, 0.05) is 9.35 Å². The summed E-state index contributed by atoms with van der Waals surface area (Å²) < 4.78 is 0.994. The molecule has 1 aromatic heterocycles. The maximum atomic E-state index is 12.3. The third-order valence-corrected chi connectivity index (χ3v) is 4.41. The number of carbonyl (C=O) groups excluding carboxylic acids is 1. The lowest BCUT2D eigenvalue weighted by Gasteiger charge is -2.14. The Balaban J connectivity index is 2.23. The van der Waals surface area contributed by atoms with Gasteiger partial charge in [0.1, 0.15) is 13.1 Å². The van der Waals surface area contributed by atoms with Crippen LogP contribution in [0.1, 0.15) is 9.67 Å². The van der Waals surface area contributed by atoms with Crippen molar-refractivity contribution in [2.45, 2.75) is 0 Å². The summed E-state index contributed by atoms with van der Waals surface area (Å²) in [5, 5.41) is 17.4. The molecule has 0 saturated heterocycles. The maximum absolute atomic E-state index is 12.3. The highest BCUT2D eigenvalue weighted by molar-refractivity contribution is 9.10. The number of benzene rings is 1. The Morgan fingerprint density at radius 1 is 1.10 bits per heavy atom. The van der Waals surface area contributed by atoms with Gasteiger partial charge >= 0.3 is 0 Å². The summed E-state index contributed by atoms with van der Waals surface area (Å²) in [4.78, 5) is 15.0. The van der Waals surface area contributed by atoms with Crippen LogP contribution in [0.15, 0.2) is 40.9 Å². The van der Waals surface area contributed by atoms with Gasteiger partial charge in [-0.2, -0.15) is 10.5 Å². The fraction of sp³-hybridized carbons (Fsp3) is 0.133. The molecule has 1 aromatic carbocycles. The summed E-state index contributed by atoms with van der Waals surface area (Å²) in [7, 11) is 0. The van der Waals surface area contributed by atoms with Crippen molar-refractivity contribution < 1.29 is 4.79 Å². The first-order valence-electron chi connectivity index (χ1n) is 6.04. The standard InChI is InChI=1S/C15H10BrN3OS/c16-12-3-1-11(2-4-12)13-5-6-14(21-13)15(20)19(9-7-17)10-8-18/h1-6H,9-10H2. The first-order valence-corrected chi connectivity index (χ1v) is 7.65. The van der Waals surface area contributed by atoms with Gasteiger partial charge in [0.05, 0.1) is 17.0 Å². The van der Waals surface area contributed by atoms with Gasteiger partial charge in [-0.15, -0.1) is 11.3 Å². The molecule has 0 aliphatic heterocycles. The van der Waals surface area contributed by atoms with E-state index in [2.05, 4.69) is 15.9 Å². The highest BCUT2D eigenvalue weighted by Crippen LogP contribution is 2.29. The van der Waals surface area contributed by atoms with Crippen LogP contribution >= 0.6 is 27.3 Å². The average molecular weight is 360 g/mol. The zero-order valence-electron chi connectivity index (χ0n) is 10.9. The number of carbonyl (C=O) groups is 1. The highest BCUT2D eigenvalue weighted by Gasteiger charge is 2.17. The SMILES string of the molecule is N#CCN(CC#N)C(=O)c1ccc(-c2ccc(Br)cc2)s1. The van der Waals surface area contributed by atoms with E-state index in [0.29, 0.717) is 4.88 Å². The summed E-state index contributed by atoms with van der Waals surface area (Å²) in [5.41, 5.74) is 1.02. The zero-order chi connectivity index (χ0) is 15.2. The van der Waals surface area contributed by atoms with Crippen LogP contribution in [0.25, 0.3) is 10.4 Å². The molecule has 0 spiro atoms. The van der Waals surface area contributed by atoms with Gasteiger partial charge in [-0.05, 0) is 29.8 Å². The minimum Gasteiger partial charge on any atom is -0.311 e. The number of nitriles is 2. The molecule has 4 nitrogen and oxygen atoms in total. The quantitative estimate of drug-likeness (QED) is 0.782. The van der Waals surface area contributed by atoms with Gasteiger partial charge in [0.2, 0.25) is 0 Å². The first kappa shape index (κ1) is 15.2. The van der Waals surface area contributed by atoms with Crippen LogP contribution in [-0.4, -0.2) is 23.9 Å². The molecule has 2 aromatic rings. The maximum Gasteiger partial charge on any atom is 0.265 e. The molecule has 1 amide bonds. The van der Waals surface area contributed by atoms with Crippen molar-refractivity contribution >= 4 is 33.2 Å². The second kappa shape index (κ2) is 7.03. The summed E-state index contributed by atoms with van der Waals surface area (Å²) in [6, 6.07) is 15.2. The lowest BCUT2D eigenvalue weighted by atomic mass is 10.2. The molecule has 104 valence electrons. The van der Waals surface area contributed by atoms with Crippen molar-refractivity contribution in [1.82, 2.24) is 4.90 Å². The molecule has 6 heteroatoms. The Kier molecular flexibility index (Phi) is 5.10. The minimum atomic E-state index is -0.286. The van der Waals surface area contributed by atoms with Gasteiger partial charge in [-0.1, -0.05) is 28.1 Å². The smallest absolute Gasteiger partial charge is 0.265 e. The van der Waals surface area contributed by atoms with E-state index in [9.17, 15) is 4.79 Å².